The van der Waals surface area contributed by atoms with Gasteiger partial charge in [0.1, 0.15) is 4.83 Å². The molecular weight excluding hydrogens is 456 g/mol. The van der Waals surface area contributed by atoms with Crippen molar-refractivity contribution in [1.82, 2.24) is 9.78 Å². The highest BCUT2D eigenvalue weighted by Gasteiger charge is 2.20. The van der Waals surface area contributed by atoms with Crippen LogP contribution in [0.3, 0.4) is 0 Å². The molecule has 0 radical (unpaired) electrons. The van der Waals surface area contributed by atoms with Gasteiger partial charge < -0.3 is 5.32 Å². The van der Waals surface area contributed by atoms with E-state index in [1.807, 2.05) is 14.0 Å². The van der Waals surface area contributed by atoms with Gasteiger partial charge >= 0.3 is 0 Å². The summed E-state index contributed by atoms with van der Waals surface area (Å²) in [7, 11) is -2.04. The van der Waals surface area contributed by atoms with Crippen LogP contribution in [0, 0.1) is 13.8 Å². The Morgan fingerprint density at radius 3 is 2.58 bits per heavy atom. The van der Waals surface area contributed by atoms with Crippen molar-refractivity contribution in [3.8, 4) is 0 Å². The van der Waals surface area contributed by atoms with Gasteiger partial charge in [-0.2, -0.15) is 5.10 Å². The molecule has 0 aliphatic rings. The predicted molar refractivity (Wildman–Crippen MR) is 125 cm³/mol. The number of aromatic nitrogens is 2. The molecule has 7 nitrogen and oxygen atoms in total. The first kappa shape index (κ1) is 21.4. The lowest BCUT2D eigenvalue weighted by Crippen LogP contribution is -2.16. The number of benzene rings is 2. The van der Waals surface area contributed by atoms with E-state index in [9.17, 15) is 13.2 Å². The molecule has 10 heteroatoms. The van der Waals surface area contributed by atoms with Crippen molar-refractivity contribution in [1.29, 1.82) is 0 Å². The number of carbonyl (C=O) groups excluding carboxylic acids is 1. The Balaban J connectivity index is 1.60. The Labute approximate surface area is 188 Å². The Hall–Kier alpha value is -2.88. The number of fused-ring (bicyclic) bond motifs is 1. The summed E-state index contributed by atoms with van der Waals surface area (Å²) in [5, 5.41) is 8.47. The molecule has 4 rings (SSSR count). The molecule has 0 atom stereocenters. The summed E-state index contributed by atoms with van der Waals surface area (Å²) in [6, 6.07) is 13.0. The van der Waals surface area contributed by atoms with Crippen LogP contribution in [0.5, 0.6) is 0 Å². The van der Waals surface area contributed by atoms with Crippen LogP contribution in [0.1, 0.15) is 20.9 Å². The second-order valence-electron chi connectivity index (χ2n) is 7.09. The van der Waals surface area contributed by atoms with Crippen LogP contribution in [-0.4, -0.2) is 24.1 Å². The molecular formula is C21H19ClN4O3S2. The number of hydrogen-bond donors (Lipinski definition) is 2. The third kappa shape index (κ3) is 4.30. The van der Waals surface area contributed by atoms with Gasteiger partial charge in [0, 0.05) is 23.1 Å². The Morgan fingerprint density at radius 1 is 1.10 bits per heavy atom. The monoisotopic (exact) mass is 474 g/mol. The summed E-state index contributed by atoms with van der Waals surface area (Å²) in [6.07, 6.45) is 0. The molecule has 4 aromatic rings. The predicted octanol–water partition coefficient (Wildman–Crippen LogP) is 4.96. The van der Waals surface area contributed by atoms with Gasteiger partial charge in [-0.25, -0.2) is 8.42 Å². The number of amides is 1. The summed E-state index contributed by atoms with van der Waals surface area (Å²) < 4.78 is 30.1. The smallest absolute Gasteiger partial charge is 0.265 e. The maximum absolute atomic E-state index is 12.9. The van der Waals surface area contributed by atoms with E-state index in [-0.39, 0.29) is 10.8 Å². The van der Waals surface area contributed by atoms with E-state index in [0.717, 1.165) is 15.9 Å². The van der Waals surface area contributed by atoms with Gasteiger partial charge in [0.25, 0.3) is 15.9 Å². The average Bonchev–Trinajstić information content (AvgIpc) is 3.24. The number of sulfonamides is 1. The maximum atomic E-state index is 12.9. The van der Waals surface area contributed by atoms with Gasteiger partial charge in [0.15, 0.2) is 0 Å². The lowest BCUT2D eigenvalue weighted by Gasteiger charge is -2.12. The third-order valence-corrected chi connectivity index (χ3v) is 7.69. The summed E-state index contributed by atoms with van der Waals surface area (Å²) >= 11 is 7.28. The van der Waals surface area contributed by atoms with Crippen molar-refractivity contribution >= 4 is 60.5 Å². The lowest BCUT2D eigenvalue weighted by atomic mass is 10.2. The van der Waals surface area contributed by atoms with Gasteiger partial charge in [-0.1, -0.05) is 23.7 Å². The number of aryl methyl sites for hydroxylation is 3. The first-order chi connectivity index (χ1) is 14.6. The molecule has 31 heavy (non-hydrogen) atoms. The molecule has 0 spiro atoms. The number of anilines is 2. The lowest BCUT2D eigenvalue weighted by molar-refractivity contribution is 0.103. The minimum Gasteiger partial charge on any atom is -0.321 e. The molecule has 2 aromatic carbocycles. The highest BCUT2D eigenvalue weighted by atomic mass is 35.5. The second-order valence-corrected chi connectivity index (χ2v) is 10.2. The molecule has 2 aromatic heterocycles. The Morgan fingerprint density at radius 2 is 1.87 bits per heavy atom. The molecule has 160 valence electrons. The van der Waals surface area contributed by atoms with Gasteiger partial charge in [0.2, 0.25) is 0 Å². The largest absolute Gasteiger partial charge is 0.321 e. The van der Waals surface area contributed by atoms with Crippen molar-refractivity contribution in [2.75, 3.05) is 10.0 Å². The fraction of sp³-hybridized carbons (Fsp3) is 0.143. The minimum atomic E-state index is -3.88. The van der Waals surface area contributed by atoms with Gasteiger partial charge in [-0.15, -0.1) is 11.3 Å². The van der Waals surface area contributed by atoms with Crippen molar-refractivity contribution in [3.63, 3.8) is 0 Å². The number of hydrogen-bond acceptors (Lipinski definition) is 5. The van der Waals surface area contributed by atoms with Crippen LogP contribution in [0.25, 0.3) is 10.2 Å². The fourth-order valence-corrected chi connectivity index (χ4v) is 5.77. The summed E-state index contributed by atoms with van der Waals surface area (Å²) in [5.74, 6) is -0.310. The van der Waals surface area contributed by atoms with E-state index >= 15 is 0 Å². The first-order valence-corrected chi connectivity index (χ1v) is 12.0. The Kier molecular flexibility index (Phi) is 5.50. The number of nitrogens with zero attached hydrogens (tertiary/aromatic N) is 2. The second kappa shape index (κ2) is 7.99. The van der Waals surface area contributed by atoms with E-state index in [4.69, 9.17) is 11.6 Å². The van der Waals surface area contributed by atoms with E-state index in [2.05, 4.69) is 15.1 Å². The van der Waals surface area contributed by atoms with E-state index in [1.54, 1.807) is 48.0 Å². The molecule has 2 N–H and O–H groups in total. The molecule has 0 unspecified atom stereocenters. The van der Waals surface area contributed by atoms with Gasteiger partial charge in [-0.05, 0) is 55.8 Å². The van der Waals surface area contributed by atoms with Crippen molar-refractivity contribution in [2.24, 2.45) is 7.05 Å². The van der Waals surface area contributed by atoms with Gasteiger partial charge in [-0.3, -0.25) is 14.2 Å². The van der Waals surface area contributed by atoms with Crippen molar-refractivity contribution in [2.45, 2.75) is 18.7 Å². The minimum absolute atomic E-state index is 0.0710. The fourth-order valence-electron chi connectivity index (χ4n) is 3.24. The molecule has 0 saturated heterocycles. The van der Waals surface area contributed by atoms with Crippen LogP contribution in [0.4, 0.5) is 11.4 Å². The SMILES string of the molecule is Cc1ccc(NC(=O)c2cc3c(C)nn(C)c3s2)cc1S(=O)(=O)Nc1cccc(Cl)c1. The molecule has 2 heterocycles. The van der Waals surface area contributed by atoms with Crippen LogP contribution in [0.2, 0.25) is 5.02 Å². The highest BCUT2D eigenvalue weighted by molar-refractivity contribution is 7.92. The van der Waals surface area contributed by atoms with E-state index in [0.29, 0.717) is 26.8 Å². The first-order valence-electron chi connectivity index (χ1n) is 9.27. The van der Waals surface area contributed by atoms with E-state index < -0.39 is 10.0 Å². The van der Waals surface area contributed by atoms with Crippen molar-refractivity contribution in [3.05, 3.63) is 69.7 Å². The summed E-state index contributed by atoms with van der Waals surface area (Å²) in [6.45, 7) is 3.58. The number of halogens is 1. The number of rotatable bonds is 5. The van der Waals surface area contributed by atoms with E-state index in [1.165, 1.54) is 23.5 Å². The molecule has 0 aliphatic heterocycles. The third-order valence-electron chi connectivity index (χ3n) is 4.73. The molecule has 0 aliphatic carbocycles. The normalized spacial score (nSPS) is 11.6. The number of carbonyl (C=O) groups is 1. The summed E-state index contributed by atoms with van der Waals surface area (Å²) in [4.78, 5) is 14.3. The maximum Gasteiger partial charge on any atom is 0.265 e. The zero-order valence-electron chi connectivity index (χ0n) is 16.9. The highest BCUT2D eigenvalue weighted by Crippen LogP contribution is 2.29. The molecule has 0 fully saturated rings. The van der Waals surface area contributed by atoms with Gasteiger partial charge in [0.05, 0.1) is 21.2 Å². The number of nitrogens with one attached hydrogen (secondary N) is 2. The molecule has 0 saturated carbocycles. The molecule has 0 bridgehead atoms. The van der Waals surface area contributed by atoms with Crippen LogP contribution < -0.4 is 10.0 Å². The average molecular weight is 475 g/mol. The number of thiophene rings is 1. The van der Waals surface area contributed by atoms with Crippen LogP contribution in [0.15, 0.2) is 53.4 Å². The zero-order chi connectivity index (χ0) is 22.3. The zero-order valence-corrected chi connectivity index (χ0v) is 19.3. The molecule has 1 amide bonds. The topological polar surface area (TPSA) is 93.1 Å². The Bertz CT molecular complexity index is 1390. The standard InChI is InChI=1S/C21H19ClN4O3S2/c1-12-7-8-15(10-19(12)31(28,29)25-16-6-4-5-14(22)9-16)23-20(27)18-11-17-13(2)24-26(3)21(17)30-18/h4-11,25H,1-3H3,(H,23,27). The van der Waals surface area contributed by atoms with Crippen LogP contribution >= 0.6 is 22.9 Å². The quantitative estimate of drug-likeness (QED) is 0.427. The van der Waals surface area contributed by atoms with Crippen molar-refractivity contribution < 1.29 is 13.2 Å². The summed E-state index contributed by atoms with van der Waals surface area (Å²) in [5.41, 5.74) is 2.14. The van der Waals surface area contributed by atoms with Crippen LogP contribution in [-0.2, 0) is 17.1 Å².